The lowest BCUT2D eigenvalue weighted by molar-refractivity contribution is -0.0180. The van der Waals surface area contributed by atoms with Gasteiger partial charge in [-0.3, -0.25) is 0 Å². The Kier molecular flexibility index (Phi) is 5.85. The van der Waals surface area contributed by atoms with E-state index in [2.05, 4.69) is 0 Å². The molecule has 0 bridgehead atoms. The molecule has 0 spiro atoms. The Balaban J connectivity index is 1.74. The summed E-state index contributed by atoms with van der Waals surface area (Å²) in [6.45, 7) is 2.99. The van der Waals surface area contributed by atoms with Crippen molar-refractivity contribution < 1.29 is 28.5 Å². The molecule has 7 heteroatoms. The highest BCUT2D eigenvalue weighted by atomic mass is 35.5. The molecule has 1 aliphatic heterocycles. The third-order valence-electron chi connectivity index (χ3n) is 3.81. The van der Waals surface area contributed by atoms with Crippen molar-refractivity contribution in [1.82, 2.24) is 0 Å². The Morgan fingerprint density at radius 3 is 2.85 bits per heavy atom. The van der Waals surface area contributed by atoms with Gasteiger partial charge in [-0.1, -0.05) is 11.6 Å². The van der Waals surface area contributed by atoms with Gasteiger partial charge >= 0.3 is 5.97 Å². The first-order valence-electron chi connectivity index (χ1n) is 8.12. The molecule has 0 amide bonds. The molecular formula is C19H19ClO6. The van der Waals surface area contributed by atoms with Crippen LogP contribution in [-0.4, -0.2) is 26.5 Å². The highest BCUT2D eigenvalue weighted by molar-refractivity contribution is 6.30. The second kappa shape index (κ2) is 8.29. The summed E-state index contributed by atoms with van der Waals surface area (Å²) in [6.07, 6.45) is 0. The van der Waals surface area contributed by atoms with Crippen molar-refractivity contribution in [2.45, 2.75) is 20.1 Å². The van der Waals surface area contributed by atoms with Crippen LogP contribution in [0.25, 0.3) is 0 Å². The molecule has 0 fully saturated rings. The first kappa shape index (κ1) is 18.4. The van der Waals surface area contributed by atoms with Crippen LogP contribution >= 0.6 is 11.6 Å². The fourth-order valence-electron chi connectivity index (χ4n) is 2.66. The van der Waals surface area contributed by atoms with Gasteiger partial charge in [0.15, 0.2) is 18.3 Å². The van der Waals surface area contributed by atoms with Crippen LogP contribution in [0.15, 0.2) is 30.3 Å². The Labute approximate surface area is 156 Å². The average Bonchev–Trinajstić information content (AvgIpc) is 2.66. The zero-order valence-corrected chi connectivity index (χ0v) is 15.3. The van der Waals surface area contributed by atoms with E-state index in [4.69, 9.17) is 35.3 Å². The monoisotopic (exact) mass is 378 g/mol. The third kappa shape index (κ3) is 4.03. The van der Waals surface area contributed by atoms with Gasteiger partial charge in [0.2, 0.25) is 0 Å². The number of carbonyl (C=O) groups is 1. The first-order chi connectivity index (χ1) is 12.6. The molecule has 3 rings (SSSR count). The fourth-order valence-corrected chi connectivity index (χ4v) is 2.92. The first-order valence-corrected chi connectivity index (χ1v) is 8.50. The molecule has 26 heavy (non-hydrogen) atoms. The van der Waals surface area contributed by atoms with E-state index in [1.807, 2.05) is 6.92 Å². The van der Waals surface area contributed by atoms with Crippen molar-refractivity contribution in [2.24, 2.45) is 0 Å². The molecule has 0 aromatic heterocycles. The lowest BCUT2D eigenvalue weighted by Gasteiger charge is -2.21. The number of hydrogen-bond acceptors (Lipinski definition) is 6. The molecule has 2 aromatic rings. The van der Waals surface area contributed by atoms with E-state index in [0.717, 1.165) is 5.56 Å². The summed E-state index contributed by atoms with van der Waals surface area (Å²) in [6, 6.07) is 8.40. The maximum atomic E-state index is 12.4. The summed E-state index contributed by atoms with van der Waals surface area (Å²) in [4.78, 5) is 12.4. The predicted octanol–water partition coefficient (Wildman–Crippen LogP) is 3.97. The molecule has 0 radical (unpaired) electrons. The van der Waals surface area contributed by atoms with Crippen molar-refractivity contribution >= 4 is 17.6 Å². The van der Waals surface area contributed by atoms with Crippen molar-refractivity contribution in [1.29, 1.82) is 0 Å². The fraction of sp³-hybridized carbons (Fsp3) is 0.316. The molecule has 0 aliphatic carbocycles. The Hall–Kier alpha value is -2.44. The van der Waals surface area contributed by atoms with Crippen molar-refractivity contribution in [2.75, 3.05) is 20.5 Å². The predicted molar refractivity (Wildman–Crippen MR) is 95.0 cm³/mol. The topological polar surface area (TPSA) is 63.2 Å². The van der Waals surface area contributed by atoms with E-state index >= 15 is 0 Å². The van der Waals surface area contributed by atoms with Gasteiger partial charge in [0.1, 0.15) is 12.4 Å². The van der Waals surface area contributed by atoms with Crippen molar-refractivity contribution in [3.05, 3.63) is 52.0 Å². The molecule has 0 atom stereocenters. The van der Waals surface area contributed by atoms with Crippen LogP contribution in [0.2, 0.25) is 5.02 Å². The summed E-state index contributed by atoms with van der Waals surface area (Å²) in [5.74, 6) is 1.22. The number of ether oxygens (including phenoxy) is 5. The molecule has 6 nitrogen and oxygen atoms in total. The van der Waals surface area contributed by atoms with E-state index < -0.39 is 5.97 Å². The van der Waals surface area contributed by atoms with Crippen LogP contribution in [-0.2, 0) is 22.7 Å². The number of benzene rings is 2. The minimum Gasteiger partial charge on any atom is -0.493 e. The number of fused-ring (bicyclic) bond motifs is 1. The maximum absolute atomic E-state index is 12.4. The summed E-state index contributed by atoms with van der Waals surface area (Å²) in [5, 5.41) is 0.534. The maximum Gasteiger partial charge on any atom is 0.338 e. The number of methoxy groups -OCH3 is 1. The Morgan fingerprint density at radius 1 is 1.23 bits per heavy atom. The lowest BCUT2D eigenvalue weighted by Crippen LogP contribution is -2.14. The molecular weight excluding hydrogens is 360 g/mol. The van der Waals surface area contributed by atoms with Crippen LogP contribution in [0.1, 0.15) is 28.4 Å². The molecule has 1 aliphatic rings. The summed E-state index contributed by atoms with van der Waals surface area (Å²) < 4.78 is 26.9. The Bertz CT molecular complexity index is 805. The zero-order chi connectivity index (χ0) is 18.5. The minimum absolute atomic E-state index is 0.0389. The van der Waals surface area contributed by atoms with Gasteiger partial charge in [-0.2, -0.15) is 0 Å². The zero-order valence-electron chi connectivity index (χ0n) is 14.5. The minimum atomic E-state index is -0.480. The van der Waals surface area contributed by atoms with Crippen LogP contribution in [0.3, 0.4) is 0 Å². The SMILES string of the molecule is CCOc1ccc(C(=O)OCc2cc(Cl)cc3c2OCOC3)cc1OC. The smallest absolute Gasteiger partial charge is 0.338 e. The van der Waals surface area contributed by atoms with Crippen LogP contribution < -0.4 is 14.2 Å². The molecule has 2 aromatic carbocycles. The molecule has 138 valence electrons. The molecule has 0 saturated carbocycles. The van der Waals surface area contributed by atoms with E-state index in [1.54, 1.807) is 30.3 Å². The van der Waals surface area contributed by atoms with Gasteiger partial charge in [0, 0.05) is 16.1 Å². The summed E-state index contributed by atoms with van der Waals surface area (Å²) >= 11 is 6.12. The second-order valence-corrected chi connectivity index (χ2v) is 5.98. The number of hydrogen-bond donors (Lipinski definition) is 0. The van der Waals surface area contributed by atoms with Crippen molar-refractivity contribution in [3.63, 3.8) is 0 Å². The van der Waals surface area contributed by atoms with Crippen molar-refractivity contribution in [3.8, 4) is 17.2 Å². The van der Waals surface area contributed by atoms with E-state index in [0.29, 0.717) is 46.6 Å². The van der Waals surface area contributed by atoms with Gasteiger partial charge < -0.3 is 23.7 Å². The Morgan fingerprint density at radius 2 is 2.08 bits per heavy atom. The highest BCUT2D eigenvalue weighted by Crippen LogP contribution is 2.33. The van der Waals surface area contributed by atoms with Crippen LogP contribution in [0.5, 0.6) is 17.2 Å². The largest absolute Gasteiger partial charge is 0.493 e. The number of rotatable bonds is 6. The lowest BCUT2D eigenvalue weighted by atomic mass is 10.1. The normalized spacial score (nSPS) is 12.7. The number of carbonyl (C=O) groups excluding carboxylic acids is 1. The molecule has 0 N–H and O–H groups in total. The van der Waals surface area contributed by atoms with Gasteiger partial charge in [-0.05, 0) is 37.3 Å². The second-order valence-electron chi connectivity index (χ2n) is 5.54. The molecule has 0 unspecified atom stereocenters. The van der Waals surface area contributed by atoms with E-state index in [-0.39, 0.29) is 13.4 Å². The van der Waals surface area contributed by atoms with Gasteiger partial charge in [-0.25, -0.2) is 4.79 Å². The molecule has 0 saturated heterocycles. The summed E-state index contributed by atoms with van der Waals surface area (Å²) in [7, 11) is 1.52. The highest BCUT2D eigenvalue weighted by Gasteiger charge is 2.18. The standard InChI is InChI=1S/C19H19ClO6/c1-3-24-16-5-4-12(8-17(16)22-2)19(21)25-10-14-7-15(20)6-13-9-23-11-26-18(13)14/h4-8H,3,9-11H2,1-2H3. The van der Waals surface area contributed by atoms with E-state index in [9.17, 15) is 4.79 Å². The van der Waals surface area contributed by atoms with Gasteiger partial charge in [0.05, 0.1) is 25.9 Å². The van der Waals surface area contributed by atoms with E-state index in [1.165, 1.54) is 7.11 Å². The van der Waals surface area contributed by atoms with Crippen LogP contribution in [0.4, 0.5) is 0 Å². The quantitative estimate of drug-likeness (QED) is 0.709. The summed E-state index contributed by atoms with van der Waals surface area (Å²) in [5.41, 5.74) is 1.89. The van der Waals surface area contributed by atoms with Gasteiger partial charge in [0.25, 0.3) is 0 Å². The van der Waals surface area contributed by atoms with Gasteiger partial charge in [-0.15, -0.1) is 0 Å². The third-order valence-corrected chi connectivity index (χ3v) is 4.03. The molecule has 1 heterocycles. The number of halogens is 1. The number of esters is 1. The average molecular weight is 379 g/mol. The van der Waals surface area contributed by atoms with Crippen LogP contribution in [0, 0.1) is 0 Å².